The van der Waals surface area contributed by atoms with E-state index in [0.29, 0.717) is 0 Å². The zero-order chi connectivity index (χ0) is 12.9. The molecule has 2 atom stereocenters. The van der Waals surface area contributed by atoms with Gasteiger partial charge in [0.05, 0.1) is 9.65 Å². The number of benzene rings is 2. The van der Waals surface area contributed by atoms with Crippen LogP contribution in [0.5, 0.6) is 5.75 Å². The molecule has 0 spiro atoms. The molecule has 0 aromatic heterocycles. The highest BCUT2D eigenvalue weighted by atomic mass is 79.9. The van der Waals surface area contributed by atoms with Gasteiger partial charge in [0, 0.05) is 10.9 Å². The Morgan fingerprint density at radius 2 is 1.78 bits per heavy atom. The molecule has 1 aliphatic heterocycles. The van der Waals surface area contributed by atoms with Crippen LogP contribution in [0, 0.1) is 0 Å². The van der Waals surface area contributed by atoms with Gasteiger partial charge < -0.3 is 4.74 Å². The van der Waals surface area contributed by atoms with Gasteiger partial charge in [0.2, 0.25) is 0 Å². The van der Waals surface area contributed by atoms with Gasteiger partial charge in [-0.25, -0.2) is 0 Å². The Hall–Kier alpha value is -0.540. The molecular weight excluding hydrogens is 356 g/mol. The van der Waals surface area contributed by atoms with Gasteiger partial charge in [0.1, 0.15) is 11.4 Å². The topological polar surface area (TPSA) is 9.23 Å². The molecule has 2 aromatic carbocycles. The van der Waals surface area contributed by atoms with Crippen LogP contribution in [0.15, 0.2) is 36.4 Å². The molecular formula is C15H14Br2O. The Morgan fingerprint density at radius 3 is 2.56 bits per heavy atom. The van der Waals surface area contributed by atoms with E-state index >= 15 is 0 Å². The molecule has 94 valence electrons. The highest BCUT2D eigenvalue weighted by Gasteiger charge is 2.41. The predicted molar refractivity (Wildman–Crippen MR) is 83.0 cm³/mol. The zero-order valence-corrected chi connectivity index (χ0v) is 13.5. The lowest BCUT2D eigenvalue weighted by Crippen LogP contribution is -2.43. The summed E-state index contributed by atoms with van der Waals surface area (Å²) in [6.07, 6.45) is 0. The number of fused-ring (bicyclic) bond motifs is 3. The maximum atomic E-state index is 6.24. The van der Waals surface area contributed by atoms with Gasteiger partial charge in [-0.15, -0.1) is 0 Å². The molecule has 1 aliphatic rings. The van der Waals surface area contributed by atoms with Gasteiger partial charge in [0.15, 0.2) is 0 Å². The fraction of sp³-hybridized carbons (Fsp3) is 0.333. The Morgan fingerprint density at radius 1 is 1.06 bits per heavy atom. The SMILES string of the molecule is CC1(C)Oc2c(ccc3ccccc23)[C@@H](Br)[C@@H]1Br. The Labute approximate surface area is 124 Å². The number of ether oxygens (including phenoxy) is 1. The van der Waals surface area contributed by atoms with Crippen molar-refractivity contribution in [3.8, 4) is 5.75 Å². The largest absolute Gasteiger partial charge is 0.486 e. The third-order valence-electron chi connectivity index (χ3n) is 3.49. The highest BCUT2D eigenvalue weighted by molar-refractivity contribution is 9.12. The van der Waals surface area contributed by atoms with Gasteiger partial charge >= 0.3 is 0 Å². The first kappa shape index (κ1) is 12.5. The van der Waals surface area contributed by atoms with Crippen LogP contribution < -0.4 is 4.74 Å². The van der Waals surface area contributed by atoms with Crippen LogP contribution in [0.2, 0.25) is 0 Å². The van der Waals surface area contributed by atoms with E-state index in [0.717, 1.165) is 5.75 Å². The fourth-order valence-corrected chi connectivity index (χ4v) is 3.80. The van der Waals surface area contributed by atoms with E-state index < -0.39 is 0 Å². The molecule has 0 N–H and O–H groups in total. The number of halogens is 2. The highest BCUT2D eigenvalue weighted by Crippen LogP contribution is 2.49. The van der Waals surface area contributed by atoms with Crippen molar-refractivity contribution >= 4 is 42.6 Å². The van der Waals surface area contributed by atoms with Gasteiger partial charge in [-0.2, -0.15) is 0 Å². The van der Waals surface area contributed by atoms with Crippen LogP contribution in [0.4, 0.5) is 0 Å². The molecule has 2 aromatic rings. The van der Waals surface area contributed by atoms with E-state index in [2.05, 4.69) is 82.1 Å². The monoisotopic (exact) mass is 368 g/mol. The zero-order valence-electron chi connectivity index (χ0n) is 10.3. The Bertz CT molecular complexity index is 606. The first-order chi connectivity index (χ1) is 8.50. The molecule has 0 radical (unpaired) electrons. The molecule has 0 saturated carbocycles. The maximum absolute atomic E-state index is 6.24. The van der Waals surface area contributed by atoms with Crippen molar-refractivity contribution in [3.63, 3.8) is 0 Å². The van der Waals surface area contributed by atoms with Gasteiger partial charge in [-0.1, -0.05) is 68.3 Å². The van der Waals surface area contributed by atoms with Crippen molar-refractivity contribution in [1.29, 1.82) is 0 Å². The molecule has 1 nitrogen and oxygen atoms in total. The minimum Gasteiger partial charge on any atom is -0.486 e. The number of hydrogen-bond acceptors (Lipinski definition) is 1. The summed E-state index contributed by atoms with van der Waals surface area (Å²) in [5, 5.41) is 2.41. The van der Waals surface area contributed by atoms with E-state index in [4.69, 9.17) is 4.74 Å². The molecule has 0 saturated heterocycles. The first-order valence-corrected chi connectivity index (χ1v) is 7.82. The predicted octanol–water partition coefficient (Wildman–Crippen LogP) is 5.21. The van der Waals surface area contributed by atoms with Crippen LogP contribution >= 0.6 is 31.9 Å². The minimum absolute atomic E-state index is 0.231. The van der Waals surface area contributed by atoms with Crippen molar-refractivity contribution in [3.05, 3.63) is 42.0 Å². The normalized spacial score (nSPS) is 25.6. The molecule has 1 heterocycles. The third kappa shape index (κ3) is 1.79. The summed E-state index contributed by atoms with van der Waals surface area (Å²) >= 11 is 7.52. The van der Waals surface area contributed by atoms with Crippen LogP contribution in [0.25, 0.3) is 10.8 Å². The first-order valence-electron chi connectivity index (χ1n) is 5.99. The van der Waals surface area contributed by atoms with Crippen LogP contribution in [-0.4, -0.2) is 10.4 Å². The van der Waals surface area contributed by atoms with E-state index in [1.54, 1.807) is 0 Å². The lowest BCUT2D eigenvalue weighted by atomic mass is 9.92. The van der Waals surface area contributed by atoms with E-state index in [-0.39, 0.29) is 15.3 Å². The van der Waals surface area contributed by atoms with Crippen LogP contribution in [0.3, 0.4) is 0 Å². The van der Waals surface area contributed by atoms with Gasteiger partial charge in [-0.05, 0) is 19.2 Å². The standard InChI is InChI=1S/C15H14Br2O/c1-15(2)14(17)12(16)11-8-7-9-5-3-4-6-10(9)13(11)18-15/h3-8,12,14H,1-2H3/t12-,14+/m1/s1. The second kappa shape index (κ2) is 4.24. The summed E-state index contributed by atoms with van der Waals surface area (Å²) in [6.45, 7) is 4.23. The lowest BCUT2D eigenvalue weighted by molar-refractivity contribution is 0.0953. The summed E-state index contributed by atoms with van der Waals surface area (Å²) in [4.78, 5) is 0.513. The molecule has 0 unspecified atom stereocenters. The van der Waals surface area contributed by atoms with Crippen LogP contribution in [0.1, 0.15) is 24.2 Å². The average molecular weight is 370 g/mol. The van der Waals surface area contributed by atoms with Gasteiger partial charge in [-0.3, -0.25) is 0 Å². The van der Waals surface area contributed by atoms with E-state index in [9.17, 15) is 0 Å². The Kier molecular flexibility index (Phi) is 2.94. The minimum atomic E-state index is -0.231. The summed E-state index contributed by atoms with van der Waals surface area (Å²) in [6, 6.07) is 12.7. The summed E-state index contributed by atoms with van der Waals surface area (Å²) in [5.74, 6) is 1.01. The average Bonchev–Trinajstić information content (AvgIpc) is 2.36. The number of alkyl halides is 2. The van der Waals surface area contributed by atoms with Crippen molar-refractivity contribution in [2.45, 2.75) is 29.1 Å². The second-order valence-corrected chi connectivity index (χ2v) is 7.19. The van der Waals surface area contributed by atoms with Crippen molar-refractivity contribution < 1.29 is 4.74 Å². The molecule has 3 heteroatoms. The molecule has 0 fully saturated rings. The summed E-state index contributed by atoms with van der Waals surface area (Å²) in [5.41, 5.74) is 0.987. The van der Waals surface area contributed by atoms with E-state index in [1.807, 2.05) is 0 Å². The van der Waals surface area contributed by atoms with Gasteiger partial charge in [0.25, 0.3) is 0 Å². The smallest absolute Gasteiger partial charge is 0.132 e. The van der Waals surface area contributed by atoms with Crippen molar-refractivity contribution in [2.75, 3.05) is 0 Å². The molecule has 18 heavy (non-hydrogen) atoms. The van der Waals surface area contributed by atoms with Crippen molar-refractivity contribution in [2.24, 2.45) is 0 Å². The summed E-state index contributed by atoms with van der Waals surface area (Å²) < 4.78 is 6.24. The molecule has 0 bridgehead atoms. The second-order valence-electron chi connectivity index (χ2n) is 5.21. The van der Waals surface area contributed by atoms with Crippen LogP contribution in [-0.2, 0) is 0 Å². The molecule has 0 aliphatic carbocycles. The van der Waals surface area contributed by atoms with Crippen molar-refractivity contribution in [1.82, 2.24) is 0 Å². The third-order valence-corrected chi connectivity index (χ3v) is 6.86. The summed E-state index contributed by atoms with van der Waals surface area (Å²) in [7, 11) is 0. The fourth-order valence-electron chi connectivity index (χ4n) is 2.42. The lowest BCUT2D eigenvalue weighted by Gasteiger charge is -2.40. The number of hydrogen-bond donors (Lipinski definition) is 0. The maximum Gasteiger partial charge on any atom is 0.132 e. The quantitative estimate of drug-likeness (QED) is 0.579. The molecule has 0 amide bonds. The number of rotatable bonds is 0. The Balaban J connectivity index is 2.29. The van der Waals surface area contributed by atoms with E-state index in [1.165, 1.54) is 16.3 Å². The molecule has 3 rings (SSSR count).